The largest absolute Gasteiger partial charge is 0.512 e. The van der Waals surface area contributed by atoms with Gasteiger partial charge in [-0.25, -0.2) is 0 Å². The summed E-state index contributed by atoms with van der Waals surface area (Å²) in [5, 5.41) is 18.9. The lowest BCUT2D eigenvalue weighted by Crippen LogP contribution is -2.31. The minimum Gasteiger partial charge on any atom is -0.512 e. The molecule has 0 aromatic carbocycles. The topological polar surface area (TPSA) is 87.0 Å². The average molecular weight is 267 g/mol. The third kappa shape index (κ3) is 3.91. The molecule has 106 valence electrons. The first-order valence-electron chi connectivity index (χ1n) is 6.73. The van der Waals surface area contributed by atoms with Crippen LogP contribution in [0, 0.1) is 5.92 Å². The third-order valence-corrected chi connectivity index (χ3v) is 3.23. The van der Waals surface area contributed by atoms with Crippen LogP contribution in [0.15, 0.2) is 16.3 Å². The van der Waals surface area contributed by atoms with Crippen LogP contribution in [0.4, 0.5) is 0 Å². The first-order valence-corrected chi connectivity index (χ1v) is 6.73. The van der Waals surface area contributed by atoms with E-state index in [1.54, 1.807) is 6.92 Å². The van der Waals surface area contributed by atoms with Crippen molar-refractivity contribution in [2.45, 2.75) is 46.0 Å². The van der Waals surface area contributed by atoms with Crippen molar-refractivity contribution in [3.8, 4) is 0 Å². The van der Waals surface area contributed by atoms with E-state index in [0.29, 0.717) is 18.7 Å². The summed E-state index contributed by atoms with van der Waals surface area (Å²) in [6.45, 7) is 4.35. The van der Waals surface area contributed by atoms with Crippen LogP contribution in [-0.4, -0.2) is 34.2 Å². The summed E-state index contributed by atoms with van der Waals surface area (Å²) in [6, 6.07) is 0. The Kier molecular flexibility index (Phi) is 5.73. The summed E-state index contributed by atoms with van der Waals surface area (Å²) >= 11 is 0. The van der Waals surface area contributed by atoms with Gasteiger partial charge in [-0.3, -0.25) is 14.6 Å². The van der Waals surface area contributed by atoms with E-state index in [9.17, 15) is 14.7 Å². The van der Waals surface area contributed by atoms with E-state index >= 15 is 0 Å². The van der Waals surface area contributed by atoms with Crippen LogP contribution in [0.1, 0.15) is 46.0 Å². The smallest absolute Gasteiger partial charge is 0.307 e. The van der Waals surface area contributed by atoms with Crippen molar-refractivity contribution in [1.82, 2.24) is 0 Å². The number of allylic oxidation sites excluding steroid dienone is 2. The maximum Gasteiger partial charge on any atom is 0.307 e. The summed E-state index contributed by atoms with van der Waals surface area (Å²) in [7, 11) is 0. The Hall–Kier alpha value is -1.65. The van der Waals surface area contributed by atoms with Crippen LogP contribution < -0.4 is 0 Å². The molecule has 0 aromatic rings. The second-order valence-corrected chi connectivity index (χ2v) is 4.72. The Labute approximate surface area is 113 Å². The van der Waals surface area contributed by atoms with E-state index in [-0.39, 0.29) is 30.0 Å². The fourth-order valence-corrected chi connectivity index (χ4v) is 2.09. The van der Waals surface area contributed by atoms with Crippen LogP contribution in [0.2, 0.25) is 0 Å². The number of aliphatic hydroxyl groups excluding tert-OH is 1. The second kappa shape index (κ2) is 7.07. The van der Waals surface area contributed by atoms with Gasteiger partial charge in [0.2, 0.25) is 0 Å². The molecule has 1 fully saturated rings. The minimum atomic E-state index is -0.980. The monoisotopic (exact) mass is 267 g/mol. The van der Waals surface area contributed by atoms with Gasteiger partial charge in [-0.1, -0.05) is 20.3 Å². The molecule has 0 amide bonds. The fourth-order valence-electron chi connectivity index (χ4n) is 2.09. The van der Waals surface area contributed by atoms with Crippen LogP contribution in [0.5, 0.6) is 0 Å². The Morgan fingerprint density at radius 1 is 1.32 bits per heavy atom. The maximum absolute atomic E-state index is 12.0. The van der Waals surface area contributed by atoms with Gasteiger partial charge in [-0.2, -0.15) is 0 Å². The lowest BCUT2D eigenvalue weighted by molar-refractivity contribution is -0.143. The molecular formula is C14H21NO4. The highest BCUT2D eigenvalue weighted by Crippen LogP contribution is 2.26. The molecule has 1 rings (SSSR count). The van der Waals surface area contributed by atoms with E-state index in [0.717, 1.165) is 12.8 Å². The highest BCUT2D eigenvalue weighted by atomic mass is 16.4. The number of carbonyl (C=O) groups excluding carboxylic acids is 1. The quantitative estimate of drug-likeness (QED) is 0.455. The molecular weight excluding hydrogens is 246 g/mol. The summed E-state index contributed by atoms with van der Waals surface area (Å²) in [6.07, 6.45) is 2.39. The summed E-state index contributed by atoms with van der Waals surface area (Å²) < 4.78 is 0. The van der Waals surface area contributed by atoms with Gasteiger partial charge in [0.15, 0.2) is 5.78 Å². The number of carboxylic acids is 1. The van der Waals surface area contributed by atoms with Gasteiger partial charge in [0, 0.05) is 31.5 Å². The van der Waals surface area contributed by atoms with Gasteiger partial charge < -0.3 is 10.2 Å². The van der Waals surface area contributed by atoms with Crippen LogP contribution in [0.3, 0.4) is 0 Å². The van der Waals surface area contributed by atoms with Crippen molar-refractivity contribution in [2.24, 2.45) is 10.9 Å². The molecule has 1 saturated carbocycles. The van der Waals surface area contributed by atoms with Crippen molar-refractivity contribution < 1.29 is 19.8 Å². The molecule has 0 spiro atoms. The molecule has 5 nitrogen and oxygen atoms in total. The van der Waals surface area contributed by atoms with Crippen LogP contribution in [0.25, 0.3) is 0 Å². The molecule has 0 heterocycles. The van der Waals surface area contributed by atoms with E-state index in [4.69, 9.17) is 5.11 Å². The molecule has 0 radical (unpaired) electrons. The Morgan fingerprint density at radius 3 is 2.53 bits per heavy atom. The molecule has 1 unspecified atom stereocenters. The van der Waals surface area contributed by atoms with Crippen molar-refractivity contribution >= 4 is 17.5 Å². The van der Waals surface area contributed by atoms with Gasteiger partial charge in [-0.15, -0.1) is 0 Å². The number of hydrogen-bond donors (Lipinski definition) is 2. The number of unbranched alkanes of at least 4 members (excludes halogenated alkanes) is 1. The van der Waals surface area contributed by atoms with E-state index in [1.165, 1.54) is 0 Å². The zero-order valence-electron chi connectivity index (χ0n) is 11.5. The number of hydrogen-bond acceptors (Lipinski definition) is 4. The highest BCUT2D eigenvalue weighted by molar-refractivity contribution is 6.25. The van der Waals surface area contributed by atoms with Crippen LogP contribution >= 0.6 is 0 Å². The molecule has 19 heavy (non-hydrogen) atoms. The van der Waals surface area contributed by atoms with Crippen molar-refractivity contribution in [1.29, 1.82) is 0 Å². The maximum atomic E-state index is 12.0. The molecule has 1 aliphatic carbocycles. The molecule has 1 atom stereocenters. The van der Waals surface area contributed by atoms with Crippen molar-refractivity contribution in [3.63, 3.8) is 0 Å². The summed E-state index contributed by atoms with van der Waals surface area (Å²) in [5.74, 6) is -2.00. The summed E-state index contributed by atoms with van der Waals surface area (Å²) in [5.41, 5.74) is 0.701. The first-order chi connectivity index (χ1) is 9.01. The predicted molar refractivity (Wildman–Crippen MR) is 72.5 cm³/mol. The second-order valence-electron chi connectivity index (χ2n) is 4.72. The predicted octanol–water partition coefficient (Wildman–Crippen LogP) is 2.51. The van der Waals surface area contributed by atoms with Gasteiger partial charge in [0.25, 0.3) is 0 Å². The molecule has 0 bridgehead atoms. The lowest BCUT2D eigenvalue weighted by Gasteiger charge is -2.22. The molecule has 0 saturated heterocycles. The number of carbonyl (C=O) groups is 2. The lowest BCUT2D eigenvalue weighted by atomic mass is 9.82. The number of aliphatic carboxylic acids is 1. The van der Waals surface area contributed by atoms with E-state index < -0.39 is 11.9 Å². The Bertz CT molecular complexity index is 423. The Morgan fingerprint density at radius 2 is 2.00 bits per heavy atom. The number of nitrogens with zero attached hydrogens (tertiary/aromatic N) is 1. The van der Waals surface area contributed by atoms with Gasteiger partial charge in [0.05, 0.1) is 11.5 Å². The molecule has 2 N–H and O–H groups in total. The zero-order chi connectivity index (χ0) is 14.4. The summed E-state index contributed by atoms with van der Waals surface area (Å²) in [4.78, 5) is 27.3. The van der Waals surface area contributed by atoms with E-state index in [2.05, 4.69) is 4.99 Å². The number of aliphatic imine (C=N–C) groups is 1. The minimum absolute atomic E-state index is 0.0177. The number of carboxylic acid groups (broad SMARTS) is 1. The van der Waals surface area contributed by atoms with E-state index in [1.807, 2.05) is 6.92 Å². The van der Waals surface area contributed by atoms with Crippen LogP contribution in [-0.2, 0) is 9.59 Å². The standard InChI is InChI=1S/C14H21NO4/c1-3-5-6-15-10-7-9(14(18)19)8-12(17)13(10)11(16)4-2/h9,16H,3-8H2,1-2H3,(H,18,19)/b13-11+,15-10?. The average Bonchev–Trinajstić information content (AvgIpc) is 2.37. The zero-order valence-corrected chi connectivity index (χ0v) is 11.5. The molecule has 0 aliphatic heterocycles. The first kappa shape index (κ1) is 15.4. The van der Waals surface area contributed by atoms with Gasteiger partial charge >= 0.3 is 5.97 Å². The third-order valence-electron chi connectivity index (χ3n) is 3.23. The molecule has 1 aliphatic rings. The van der Waals surface area contributed by atoms with Crippen molar-refractivity contribution in [3.05, 3.63) is 11.3 Å². The number of Topliss-reactive ketones (excluding diaryl/α,β-unsaturated/α-hetero) is 1. The number of ketones is 1. The molecule has 0 aromatic heterocycles. The normalized spacial score (nSPS) is 24.6. The fraction of sp³-hybridized carbons (Fsp3) is 0.643. The SMILES string of the molecule is CCCCN=C1CC(C(=O)O)CC(=O)/C1=C(/O)CC. The Balaban J connectivity index is 3.04. The van der Waals surface area contributed by atoms with Crippen molar-refractivity contribution in [2.75, 3.05) is 6.54 Å². The number of rotatable bonds is 5. The van der Waals surface area contributed by atoms with Gasteiger partial charge in [0.1, 0.15) is 5.76 Å². The molecule has 5 heteroatoms. The highest BCUT2D eigenvalue weighted by Gasteiger charge is 2.34. The number of aliphatic hydroxyl groups is 1. The van der Waals surface area contributed by atoms with Gasteiger partial charge in [-0.05, 0) is 6.42 Å².